The van der Waals surface area contributed by atoms with Gasteiger partial charge in [0.15, 0.2) is 5.96 Å². The first-order valence-corrected chi connectivity index (χ1v) is 7.83. The minimum absolute atomic E-state index is 0.0549. The Morgan fingerprint density at radius 1 is 1.41 bits per heavy atom. The van der Waals surface area contributed by atoms with Gasteiger partial charge in [-0.25, -0.2) is 4.99 Å². The summed E-state index contributed by atoms with van der Waals surface area (Å²) in [4.78, 5) is 32.3. The number of nitrogens with two attached hydrogens (primary N) is 1. The maximum atomic E-state index is 12.4. The third kappa shape index (κ3) is 2.93. The number of hydrogen-bond donors (Lipinski definition) is 3. The molecule has 0 aromatic heterocycles. The summed E-state index contributed by atoms with van der Waals surface area (Å²) in [5.41, 5.74) is 4.79. The average Bonchev–Trinajstić information content (AvgIpc) is 2.73. The molecule has 3 aliphatic rings. The number of amides is 2. The van der Waals surface area contributed by atoms with Crippen LogP contribution in [0.1, 0.15) is 25.7 Å². The van der Waals surface area contributed by atoms with Gasteiger partial charge in [-0.2, -0.15) is 0 Å². The first kappa shape index (κ1) is 15.2. The summed E-state index contributed by atoms with van der Waals surface area (Å²) in [5, 5.41) is 12.2. The van der Waals surface area contributed by atoms with Crippen LogP contribution in [0, 0.1) is 0 Å². The molecule has 2 saturated heterocycles. The van der Waals surface area contributed by atoms with Crippen molar-refractivity contribution in [3.05, 3.63) is 0 Å². The molecule has 2 fully saturated rings. The van der Waals surface area contributed by atoms with E-state index in [1.54, 1.807) is 4.90 Å². The Balaban J connectivity index is 1.53. The van der Waals surface area contributed by atoms with E-state index in [2.05, 4.69) is 10.3 Å². The minimum atomic E-state index is -0.776. The van der Waals surface area contributed by atoms with Crippen molar-refractivity contribution in [3.63, 3.8) is 0 Å². The lowest BCUT2D eigenvalue weighted by molar-refractivity contribution is -0.137. The van der Waals surface area contributed by atoms with Crippen molar-refractivity contribution in [1.29, 1.82) is 0 Å². The van der Waals surface area contributed by atoms with Crippen LogP contribution in [0.4, 0.5) is 0 Å². The molecular formula is C14H23N5O3. The number of β-amino-alcohol motifs (C(OH)–C–C–N with tert-alkyl or cyclic N) is 1. The number of aliphatic imine (C=N–C) groups is 1. The van der Waals surface area contributed by atoms with Crippen molar-refractivity contribution in [2.45, 2.75) is 37.3 Å². The van der Waals surface area contributed by atoms with Crippen LogP contribution in [0.25, 0.3) is 0 Å². The van der Waals surface area contributed by atoms with Crippen molar-refractivity contribution in [1.82, 2.24) is 15.1 Å². The van der Waals surface area contributed by atoms with Crippen LogP contribution >= 0.6 is 0 Å². The molecule has 22 heavy (non-hydrogen) atoms. The largest absolute Gasteiger partial charge is 0.392 e. The molecule has 3 aliphatic heterocycles. The molecule has 1 atom stereocenters. The van der Waals surface area contributed by atoms with Gasteiger partial charge in [0.1, 0.15) is 5.54 Å². The third-order valence-corrected chi connectivity index (χ3v) is 4.78. The van der Waals surface area contributed by atoms with Crippen LogP contribution < -0.4 is 11.1 Å². The predicted molar refractivity (Wildman–Crippen MR) is 80.0 cm³/mol. The van der Waals surface area contributed by atoms with Crippen LogP contribution in [0.2, 0.25) is 0 Å². The van der Waals surface area contributed by atoms with Gasteiger partial charge in [0.05, 0.1) is 12.6 Å². The van der Waals surface area contributed by atoms with Crippen LogP contribution in [0.15, 0.2) is 4.99 Å². The van der Waals surface area contributed by atoms with Crippen molar-refractivity contribution < 1.29 is 14.7 Å². The minimum Gasteiger partial charge on any atom is -0.392 e. The molecule has 3 heterocycles. The van der Waals surface area contributed by atoms with E-state index < -0.39 is 5.54 Å². The molecule has 1 unspecified atom stereocenters. The third-order valence-electron chi connectivity index (χ3n) is 4.78. The van der Waals surface area contributed by atoms with Crippen LogP contribution in [-0.2, 0) is 9.59 Å². The maximum Gasteiger partial charge on any atom is 0.254 e. The second kappa shape index (κ2) is 5.85. The van der Waals surface area contributed by atoms with E-state index in [0.717, 1.165) is 19.4 Å². The first-order chi connectivity index (χ1) is 10.5. The molecular weight excluding hydrogens is 286 g/mol. The number of piperidine rings is 2. The highest BCUT2D eigenvalue weighted by Gasteiger charge is 2.46. The van der Waals surface area contributed by atoms with Gasteiger partial charge in [-0.15, -0.1) is 0 Å². The van der Waals surface area contributed by atoms with Crippen molar-refractivity contribution in [2.24, 2.45) is 10.7 Å². The molecule has 0 aromatic carbocycles. The summed E-state index contributed by atoms with van der Waals surface area (Å²) in [7, 11) is 0. The number of carbonyl (C=O) groups is 2. The van der Waals surface area contributed by atoms with Gasteiger partial charge in [-0.1, -0.05) is 0 Å². The molecule has 122 valence electrons. The normalized spacial score (nSPS) is 28.6. The Morgan fingerprint density at radius 3 is 2.73 bits per heavy atom. The number of nitrogens with one attached hydrogen (secondary N) is 1. The van der Waals surface area contributed by atoms with Gasteiger partial charge >= 0.3 is 0 Å². The quantitative estimate of drug-likeness (QED) is 0.560. The smallest absolute Gasteiger partial charge is 0.254 e. The highest BCUT2D eigenvalue weighted by molar-refractivity contribution is 6.06. The van der Waals surface area contributed by atoms with Gasteiger partial charge in [0.2, 0.25) is 5.91 Å². The zero-order chi connectivity index (χ0) is 15.7. The van der Waals surface area contributed by atoms with E-state index >= 15 is 0 Å². The molecule has 1 spiro atoms. The van der Waals surface area contributed by atoms with Crippen molar-refractivity contribution in [2.75, 3.05) is 32.7 Å². The molecule has 0 aromatic rings. The van der Waals surface area contributed by atoms with Gasteiger partial charge in [-0.3, -0.25) is 19.8 Å². The molecule has 0 aliphatic carbocycles. The molecule has 0 saturated carbocycles. The number of rotatable bonds is 2. The first-order valence-electron chi connectivity index (χ1n) is 7.83. The topological polar surface area (TPSA) is 111 Å². The van der Waals surface area contributed by atoms with Crippen LogP contribution in [-0.4, -0.2) is 77.0 Å². The lowest BCUT2D eigenvalue weighted by Crippen LogP contribution is -2.53. The van der Waals surface area contributed by atoms with E-state index in [-0.39, 0.29) is 23.9 Å². The van der Waals surface area contributed by atoms with E-state index in [1.165, 1.54) is 0 Å². The Kier molecular flexibility index (Phi) is 4.05. The SMILES string of the molecule is NC1=NC2(CCN(C(=O)CN3CCCC(O)C3)CC2)C(=O)N1. The summed E-state index contributed by atoms with van der Waals surface area (Å²) < 4.78 is 0. The number of carbonyl (C=O) groups excluding carboxylic acids is 2. The lowest BCUT2D eigenvalue weighted by atomic mass is 9.88. The number of aliphatic hydroxyl groups excluding tert-OH is 1. The van der Waals surface area contributed by atoms with Crippen LogP contribution in [0.5, 0.6) is 0 Å². The molecule has 3 rings (SSSR count). The summed E-state index contributed by atoms with van der Waals surface area (Å²) in [6.07, 6.45) is 2.42. The lowest BCUT2D eigenvalue weighted by Gasteiger charge is -2.37. The standard InChI is InChI=1S/C14H23N5O3/c15-13-16-12(22)14(17-13)3-6-19(7-4-14)11(21)9-18-5-1-2-10(20)8-18/h10,20H,1-9H2,(H3,15,16,17,22). The Bertz CT molecular complexity index is 499. The van der Waals surface area contributed by atoms with E-state index in [9.17, 15) is 14.7 Å². The second-order valence-electron chi connectivity index (χ2n) is 6.39. The fraction of sp³-hybridized carbons (Fsp3) is 0.786. The second-order valence-corrected chi connectivity index (χ2v) is 6.39. The zero-order valence-corrected chi connectivity index (χ0v) is 12.6. The van der Waals surface area contributed by atoms with E-state index in [1.807, 2.05) is 4.90 Å². The Hall–Kier alpha value is -1.67. The maximum absolute atomic E-state index is 12.4. The van der Waals surface area contributed by atoms with Crippen LogP contribution in [0.3, 0.4) is 0 Å². The summed E-state index contributed by atoms with van der Waals surface area (Å²) in [6, 6.07) is 0. The van der Waals surface area contributed by atoms with Gasteiger partial charge in [0, 0.05) is 19.6 Å². The fourth-order valence-electron chi connectivity index (χ4n) is 3.47. The number of nitrogens with zero attached hydrogens (tertiary/aromatic N) is 3. The van der Waals surface area contributed by atoms with Crippen molar-refractivity contribution >= 4 is 17.8 Å². The zero-order valence-electron chi connectivity index (χ0n) is 12.6. The number of hydrogen-bond acceptors (Lipinski definition) is 6. The Labute approximate surface area is 129 Å². The van der Waals surface area contributed by atoms with E-state index in [0.29, 0.717) is 39.0 Å². The molecule has 0 radical (unpaired) electrons. The number of likely N-dealkylation sites (tertiary alicyclic amines) is 2. The summed E-state index contributed by atoms with van der Waals surface area (Å²) in [5.74, 6) is 0.0719. The predicted octanol–water partition coefficient (Wildman–Crippen LogP) is -1.75. The number of guanidine groups is 1. The van der Waals surface area contributed by atoms with Gasteiger partial charge in [-0.05, 0) is 32.2 Å². The van der Waals surface area contributed by atoms with Gasteiger partial charge in [0.25, 0.3) is 5.91 Å². The van der Waals surface area contributed by atoms with Crippen molar-refractivity contribution in [3.8, 4) is 0 Å². The monoisotopic (exact) mass is 309 g/mol. The average molecular weight is 309 g/mol. The molecule has 4 N–H and O–H groups in total. The Morgan fingerprint density at radius 2 is 2.14 bits per heavy atom. The summed E-state index contributed by atoms with van der Waals surface area (Å²) in [6.45, 7) is 2.77. The number of aliphatic hydroxyl groups is 1. The highest BCUT2D eigenvalue weighted by atomic mass is 16.3. The molecule has 8 nitrogen and oxygen atoms in total. The molecule has 8 heteroatoms. The summed E-state index contributed by atoms with van der Waals surface area (Å²) >= 11 is 0. The van der Waals surface area contributed by atoms with Gasteiger partial charge < -0.3 is 15.7 Å². The van der Waals surface area contributed by atoms with E-state index in [4.69, 9.17) is 5.73 Å². The highest BCUT2D eigenvalue weighted by Crippen LogP contribution is 2.29. The fourth-order valence-corrected chi connectivity index (χ4v) is 3.47. The molecule has 2 amide bonds. The molecule has 0 bridgehead atoms.